The molecule has 0 radical (unpaired) electrons. The number of hydrogen-bond donors (Lipinski definition) is 1. The van der Waals surface area contributed by atoms with Crippen molar-refractivity contribution >= 4 is 5.97 Å². The average Bonchev–Trinajstić information content (AvgIpc) is 2.01. The number of allylic oxidation sites excluding steroid dienone is 1. The van der Waals surface area contributed by atoms with Crippen LogP contribution in [0.2, 0.25) is 0 Å². The van der Waals surface area contributed by atoms with Crippen LogP contribution in [0.15, 0.2) is 24.7 Å². The van der Waals surface area contributed by atoms with Gasteiger partial charge < -0.3 is 9.84 Å². The van der Waals surface area contributed by atoms with Crippen molar-refractivity contribution in [2.24, 2.45) is 0 Å². The van der Waals surface area contributed by atoms with Gasteiger partial charge in [0.25, 0.3) is 0 Å². The van der Waals surface area contributed by atoms with E-state index in [1.54, 1.807) is 0 Å². The second-order valence-electron chi connectivity index (χ2n) is 2.00. The van der Waals surface area contributed by atoms with Gasteiger partial charge in [0.2, 0.25) is 0 Å². The molecule has 0 spiro atoms. The van der Waals surface area contributed by atoms with Crippen LogP contribution in [0.4, 0.5) is 0 Å². The molecule has 62 valence electrons. The van der Waals surface area contributed by atoms with E-state index in [2.05, 4.69) is 11.3 Å². The second kappa shape index (κ2) is 5.53. The van der Waals surface area contributed by atoms with Gasteiger partial charge in [0, 0.05) is 12.5 Å². The number of esters is 1. The Labute approximate surface area is 66.0 Å². The summed E-state index contributed by atoms with van der Waals surface area (Å²) < 4.78 is 4.44. The molecule has 0 unspecified atom stereocenters. The van der Waals surface area contributed by atoms with Crippen molar-refractivity contribution in [3.8, 4) is 0 Å². The van der Waals surface area contributed by atoms with Gasteiger partial charge in [-0.2, -0.15) is 0 Å². The summed E-state index contributed by atoms with van der Waals surface area (Å²) in [5.41, 5.74) is 0. The van der Waals surface area contributed by atoms with Crippen molar-refractivity contribution in [2.75, 3.05) is 0 Å². The van der Waals surface area contributed by atoms with Crippen LogP contribution in [0, 0.1) is 0 Å². The van der Waals surface area contributed by atoms with Gasteiger partial charge in [-0.1, -0.05) is 13.5 Å². The Balaban J connectivity index is 3.71. The Kier molecular flexibility index (Phi) is 4.90. The highest BCUT2D eigenvalue weighted by Gasteiger charge is 1.94. The molecule has 0 aliphatic heterocycles. The second-order valence-corrected chi connectivity index (χ2v) is 2.00. The van der Waals surface area contributed by atoms with E-state index in [-0.39, 0.29) is 5.76 Å². The number of ether oxygens (including phenoxy) is 1. The molecule has 0 heterocycles. The summed E-state index contributed by atoms with van der Waals surface area (Å²) in [5, 5.41) is 8.94. The third kappa shape index (κ3) is 5.21. The number of hydrogen-bond acceptors (Lipinski definition) is 3. The summed E-state index contributed by atoms with van der Waals surface area (Å²) in [7, 11) is 0. The fraction of sp³-hybridized carbons (Fsp3) is 0.375. The minimum absolute atomic E-state index is 0.0719. The molecule has 0 saturated heterocycles. The van der Waals surface area contributed by atoms with Gasteiger partial charge >= 0.3 is 5.97 Å². The molecule has 0 atom stereocenters. The highest BCUT2D eigenvalue weighted by atomic mass is 16.5. The van der Waals surface area contributed by atoms with Crippen molar-refractivity contribution in [1.82, 2.24) is 0 Å². The predicted molar refractivity (Wildman–Crippen MR) is 41.9 cm³/mol. The minimum Gasteiger partial charge on any atom is -0.509 e. The molecule has 11 heavy (non-hydrogen) atoms. The van der Waals surface area contributed by atoms with Crippen molar-refractivity contribution < 1.29 is 14.6 Å². The lowest BCUT2D eigenvalue weighted by Crippen LogP contribution is -1.94. The number of aliphatic hydroxyl groups excluding tert-OH is 1. The SMILES string of the molecule is C=CC(=O)O/C=C(/O)CCC. The minimum atomic E-state index is -0.562. The van der Waals surface area contributed by atoms with E-state index in [1.807, 2.05) is 6.92 Å². The van der Waals surface area contributed by atoms with E-state index < -0.39 is 5.97 Å². The van der Waals surface area contributed by atoms with E-state index in [4.69, 9.17) is 5.11 Å². The molecule has 0 aromatic heterocycles. The molecule has 0 fully saturated rings. The largest absolute Gasteiger partial charge is 0.509 e. The zero-order chi connectivity index (χ0) is 8.69. The molecule has 0 saturated carbocycles. The first kappa shape index (κ1) is 9.75. The topological polar surface area (TPSA) is 46.5 Å². The first-order valence-electron chi connectivity index (χ1n) is 3.41. The fourth-order valence-electron chi connectivity index (χ4n) is 0.489. The van der Waals surface area contributed by atoms with Gasteiger partial charge in [-0.05, 0) is 6.42 Å². The Morgan fingerprint density at radius 3 is 2.82 bits per heavy atom. The monoisotopic (exact) mass is 156 g/mol. The van der Waals surface area contributed by atoms with Gasteiger partial charge in [0.1, 0.15) is 12.0 Å². The van der Waals surface area contributed by atoms with E-state index >= 15 is 0 Å². The number of aliphatic hydroxyl groups is 1. The molecule has 0 rings (SSSR count). The highest BCUT2D eigenvalue weighted by molar-refractivity contribution is 5.81. The summed E-state index contributed by atoms with van der Waals surface area (Å²) in [5.74, 6) is -0.490. The van der Waals surface area contributed by atoms with Gasteiger partial charge in [-0.15, -0.1) is 0 Å². The molecule has 0 aromatic carbocycles. The molecule has 0 aromatic rings. The Bertz CT molecular complexity index is 170. The lowest BCUT2D eigenvalue weighted by atomic mass is 10.3. The predicted octanol–water partition coefficient (Wildman–Crippen LogP) is 1.92. The Hall–Kier alpha value is -1.25. The molecule has 0 aliphatic rings. The first-order chi connectivity index (χ1) is 5.20. The molecular formula is C8H12O3. The number of carbonyl (C=O) groups excluding carboxylic acids is 1. The maximum Gasteiger partial charge on any atom is 0.335 e. The number of rotatable bonds is 4. The summed E-state index contributed by atoms with van der Waals surface area (Å²) >= 11 is 0. The van der Waals surface area contributed by atoms with Crippen molar-refractivity contribution in [2.45, 2.75) is 19.8 Å². The van der Waals surface area contributed by atoms with Crippen molar-refractivity contribution in [3.63, 3.8) is 0 Å². The van der Waals surface area contributed by atoms with Crippen LogP contribution in [-0.2, 0) is 9.53 Å². The van der Waals surface area contributed by atoms with Gasteiger partial charge in [0.15, 0.2) is 0 Å². The molecule has 1 N–H and O–H groups in total. The highest BCUT2D eigenvalue weighted by Crippen LogP contribution is 1.99. The smallest absolute Gasteiger partial charge is 0.335 e. The average molecular weight is 156 g/mol. The zero-order valence-corrected chi connectivity index (χ0v) is 6.54. The normalized spacial score (nSPS) is 10.8. The molecule has 3 heteroatoms. The van der Waals surface area contributed by atoms with Crippen LogP contribution >= 0.6 is 0 Å². The van der Waals surface area contributed by atoms with E-state index in [1.165, 1.54) is 0 Å². The standard InChI is InChI=1S/C8H12O3/c1-3-5-7(9)6-11-8(10)4-2/h4,6,9H,2-3,5H2,1H3/b7-6+. The van der Waals surface area contributed by atoms with Gasteiger partial charge in [0.05, 0.1) is 0 Å². The van der Waals surface area contributed by atoms with E-state index in [9.17, 15) is 4.79 Å². The van der Waals surface area contributed by atoms with E-state index in [0.717, 1.165) is 18.8 Å². The van der Waals surface area contributed by atoms with Crippen LogP contribution in [0.5, 0.6) is 0 Å². The van der Waals surface area contributed by atoms with Crippen LogP contribution in [0.3, 0.4) is 0 Å². The first-order valence-corrected chi connectivity index (χ1v) is 3.41. The van der Waals surface area contributed by atoms with Crippen LogP contribution in [-0.4, -0.2) is 11.1 Å². The molecular weight excluding hydrogens is 144 g/mol. The summed E-state index contributed by atoms with van der Waals surface area (Å²) in [4.78, 5) is 10.4. The van der Waals surface area contributed by atoms with Gasteiger partial charge in [-0.3, -0.25) is 0 Å². The number of carbonyl (C=O) groups is 1. The maximum absolute atomic E-state index is 10.4. The van der Waals surface area contributed by atoms with Crippen LogP contribution in [0.25, 0.3) is 0 Å². The fourth-order valence-corrected chi connectivity index (χ4v) is 0.489. The maximum atomic E-state index is 10.4. The third-order valence-corrected chi connectivity index (χ3v) is 0.984. The summed E-state index contributed by atoms with van der Waals surface area (Å²) in [6.45, 7) is 5.12. The summed E-state index contributed by atoms with van der Waals surface area (Å²) in [6, 6.07) is 0. The quantitative estimate of drug-likeness (QED) is 0.384. The molecule has 0 amide bonds. The van der Waals surface area contributed by atoms with Crippen LogP contribution in [0.1, 0.15) is 19.8 Å². The van der Waals surface area contributed by atoms with Crippen molar-refractivity contribution in [1.29, 1.82) is 0 Å². The zero-order valence-electron chi connectivity index (χ0n) is 6.54. The van der Waals surface area contributed by atoms with Gasteiger partial charge in [-0.25, -0.2) is 4.79 Å². The molecule has 0 bridgehead atoms. The lowest BCUT2D eigenvalue weighted by molar-refractivity contribution is -0.132. The molecule has 0 aliphatic carbocycles. The Morgan fingerprint density at radius 2 is 2.36 bits per heavy atom. The summed E-state index contributed by atoms with van der Waals surface area (Å²) in [6.07, 6.45) is 3.40. The third-order valence-electron chi connectivity index (χ3n) is 0.984. The lowest BCUT2D eigenvalue weighted by Gasteiger charge is -1.95. The van der Waals surface area contributed by atoms with Crippen LogP contribution < -0.4 is 0 Å². The Morgan fingerprint density at radius 1 is 1.73 bits per heavy atom. The van der Waals surface area contributed by atoms with E-state index in [0.29, 0.717) is 6.42 Å². The molecule has 3 nitrogen and oxygen atoms in total. The van der Waals surface area contributed by atoms with Crippen molar-refractivity contribution in [3.05, 3.63) is 24.7 Å².